The lowest BCUT2D eigenvalue weighted by molar-refractivity contribution is 0.187. The Balaban J connectivity index is 2.09. The number of hydrogen-bond acceptors (Lipinski definition) is 3. The maximum atomic E-state index is 13.1. The number of hydrogen-bond donors (Lipinski definition) is 2. The Morgan fingerprint density at radius 1 is 1.29 bits per heavy atom. The molecule has 0 aliphatic heterocycles. The normalized spacial score (nSPS) is 12.0. The summed E-state index contributed by atoms with van der Waals surface area (Å²) in [4.78, 5) is 0. The number of aryl methyl sites for hydroxylation is 1. The zero-order valence-corrected chi connectivity index (χ0v) is 12.6. The van der Waals surface area contributed by atoms with Crippen molar-refractivity contribution in [2.45, 2.75) is 13.0 Å². The van der Waals surface area contributed by atoms with Gasteiger partial charge in [0.1, 0.15) is 11.6 Å². The molecule has 0 fully saturated rings. The maximum absolute atomic E-state index is 13.1. The average Bonchev–Trinajstić information content (AvgIpc) is 2.48. The molecule has 0 aromatic heterocycles. The molecule has 2 N–H and O–H groups in total. The van der Waals surface area contributed by atoms with Gasteiger partial charge in [0.15, 0.2) is 0 Å². The van der Waals surface area contributed by atoms with Crippen LogP contribution in [0, 0.1) is 12.7 Å². The highest BCUT2D eigenvalue weighted by Crippen LogP contribution is 2.27. The number of anilines is 1. The van der Waals surface area contributed by atoms with Gasteiger partial charge in [-0.2, -0.15) is 0 Å². The molecule has 0 saturated heterocycles. The van der Waals surface area contributed by atoms with E-state index in [9.17, 15) is 9.50 Å². The number of rotatable bonds is 5. The number of methoxy groups -OCH3 is 1. The first-order chi connectivity index (χ1) is 10.0. The Morgan fingerprint density at radius 3 is 2.71 bits per heavy atom. The van der Waals surface area contributed by atoms with Crippen LogP contribution in [0.4, 0.5) is 10.1 Å². The molecule has 0 bridgehead atoms. The topological polar surface area (TPSA) is 41.5 Å². The van der Waals surface area contributed by atoms with Gasteiger partial charge >= 0.3 is 0 Å². The molecule has 0 amide bonds. The first kappa shape index (κ1) is 15.6. The number of halogens is 2. The molecule has 3 nitrogen and oxygen atoms in total. The van der Waals surface area contributed by atoms with Gasteiger partial charge in [-0.3, -0.25) is 0 Å². The van der Waals surface area contributed by atoms with E-state index in [2.05, 4.69) is 5.32 Å². The third kappa shape index (κ3) is 3.86. The number of nitrogens with one attached hydrogen (secondary N) is 1. The molecule has 2 rings (SSSR count). The summed E-state index contributed by atoms with van der Waals surface area (Å²) in [5.41, 5.74) is 2.39. The van der Waals surface area contributed by atoms with Gasteiger partial charge in [-0.1, -0.05) is 23.2 Å². The van der Waals surface area contributed by atoms with E-state index in [4.69, 9.17) is 16.3 Å². The van der Waals surface area contributed by atoms with Gasteiger partial charge in [-0.25, -0.2) is 4.39 Å². The molecule has 0 heterocycles. The molecule has 0 radical (unpaired) electrons. The molecule has 112 valence electrons. The van der Waals surface area contributed by atoms with Crippen LogP contribution in [0.1, 0.15) is 17.2 Å². The lowest BCUT2D eigenvalue weighted by atomic mass is 10.1. The van der Waals surface area contributed by atoms with Gasteiger partial charge in [-0.05, 0) is 37.3 Å². The minimum absolute atomic E-state index is 0.0441. The van der Waals surface area contributed by atoms with E-state index in [-0.39, 0.29) is 11.6 Å². The highest BCUT2D eigenvalue weighted by atomic mass is 35.5. The van der Waals surface area contributed by atoms with E-state index in [0.717, 1.165) is 5.56 Å². The first-order valence-corrected chi connectivity index (χ1v) is 6.90. The van der Waals surface area contributed by atoms with Crippen molar-refractivity contribution in [1.82, 2.24) is 0 Å². The van der Waals surface area contributed by atoms with Crippen molar-refractivity contribution in [3.63, 3.8) is 0 Å². The van der Waals surface area contributed by atoms with E-state index in [1.807, 2.05) is 25.1 Å². The van der Waals surface area contributed by atoms with Gasteiger partial charge in [0.25, 0.3) is 0 Å². The molecule has 0 aliphatic carbocycles. The molecule has 1 atom stereocenters. The second-order valence-electron chi connectivity index (χ2n) is 4.77. The van der Waals surface area contributed by atoms with Crippen molar-refractivity contribution in [1.29, 1.82) is 0 Å². The van der Waals surface area contributed by atoms with Gasteiger partial charge in [0, 0.05) is 17.8 Å². The summed E-state index contributed by atoms with van der Waals surface area (Å²) in [6, 6.07) is 9.95. The first-order valence-electron chi connectivity index (χ1n) is 6.53. The molecule has 0 aliphatic rings. The number of aliphatic hydroxyl groups excluding tert-OH is 1. The fourth-order valence-electron chi connectivity index (χ4n) is 2.04. The predicted molar refractivity (Wildman–Crippen MR) is 82.6 cm³/mol. The van der Waals surface area contributed by atoms with Crippen LogP contribution in [-0.2, 0) is 0 Å². The monoisotopic (exact) mass is 309 g/mol. The van der Waals surface area contributed by atoms with E-state index >= 15 is 0 Å². The highest BCUT2D eigenvalue weighted by molar-refractivity contribution is 6.31. The maximum Gasteiger partial charge on any atom is 0.141 e. The zero-order valence-electron chi connectivity index (χ0n) is 11.9. The Kier molecular flexibility index (Phi) is 5.04. The molecule has 2 aromatic carbocycles. The highest BCUT2D eigenvalue weighted by Gasteiger charge is 2.13. The Bertz CT molecular complexity index is 634. The molecule has 0 spiro atoms. The second-order valence-corrected chi connectivity index (χ2v) is 5.18. The van der Waals surface area contributed by atoms with Crippen molar-refractivity contribution in [2.75, 3.05) is 19.0 Å². The minimum Gasteiger partial charge on any atom is -0.496 e. The zero-order chi connectivity index (χ0) is 15.4. The fraction of sp³-hybridized carbons (Fsp3) is 0.250. The summed E-state index contributed by atoms with van der Waals surface area (Å²) >= 11 is 5.72. The number of aliphatic hydroxyl groups is 1. The Labute approximate surface area is 128 Å². The summed E-state index contributed by atoms with van der Waals surface area (Å²) in [6.45, 7) is 2.21. The Hall–Kier alpha value is -1.78. The van der Waals surface area contributed by atoms with Gasteiger partial charge in [-0.15, -0.1) is 0 Å². The van der Waals surface area contributed by atoms with Crippen molar-refractivity contribution < 1.29 is 14.2 Å². The Morgan fingerprint density at radius 2 is 2.05 bits per heavy atom. The van der Waals surface area contributed by atoms with Crippen LogP contribution < -0.4 is 10.1 Å². The van der Waals surface area contributed by atoms with Crippen LogP contribution in [0.15, 0.2) is 36.4 Å². The van der Waals surface area contributed by atoms with Crippen LogP contribution in [0.3, 0.4) is 0 Å². The summed E-state index contributed by atoms with van der Waals surface area (Å²) < 4.78 is 18.3. The van der Waals surface area contributed by atoms with Crippen molar-refractivity contribution in [3.05, 3.63) is 58.4 Å². The molecular weight excluding hydrogens is 293 g/mol. The third-order valence-electron chi connectivity index (χ3n) is 3.16. The van der Waals surface area contributed by atoms with Gasteiger partial charge in [0.2, 0.25) is 0 Å². The number of ether oxygens (including phenoxy) is 1. The standard InChI is InChI=1S/C16H17ClFNO2/c1-10-3-6-16(21-2)12(7-10)15(20)9-19-11-4-5-14(18)13(17)8-11/h3-8,15,19-20H,9H2,1-2H3. The van der Waals surface area contributed by atoms with Crippen LogP contribution in [0.5, 0.6) is 5.75 Å². The molecule has 21 heavy (non-hydrogen) atoms. The molecule has 1 unspecified atom stereocenters. The van der Waals surface area contributed by atoms with Crippen LogP contribution in [0.2, 0.25) is 5.02 Å². The van der Waals surface area contributed by atoms with Crippen molar-refractivity contribution >= 4 is 17.3 Å². The van der Waals surface area contributed by atoms with E-state index in [1.54, 1.807) is 13.2 Å². The van der Waals surface area contributed by atoms with Crippen molar-refractivity contribution in [3.8, 4) is 5.75 Å². The van der Waals surface area contributed by atoms with Crippen LogP contribution >= 0.6 is 11.6 Å². The minimum atomic E-state index is -0.747. The lowest BCUT2D eigenvalue weighted by Crippen LogP contribution is -2.13. The van der Waals surface area contributed by atoms with Crippen LogP contribution in [-0.4, -0.2) is 18.8 Å². The second kappa shape index (κ2) is 6.78. The predicted octanol–water partition coefficient (Wildman–Crippen LogP) is 3.94. The van der Waals surface area contributed by atoms with Gasteiger partial charge in [0.05, 0.1) is 18.2 Å². The average molecular weight is 310 g/mol. The SMILES string of the molecule is COc1ccc(C)cc1C(O)CNc1ccc(F)c(Cl)c1. The number of benzene rings is 2. The largest absolute Gasteiger partial charge is 0.496 e. The lowest BCUT2D eigenvalue weighted by Gasteiger charge is -2.17. The summed E-state index contributed by atoms with van der Waals surface area (Å²) in [5.74, 6) is 0.162. The fourth-order valence-corrected chi connectivity index (χ4v) is 2.23. The quantitative estimate of drug-likeness (QED) is 0.879. The summed E-state index contributed by atoms with van der Waals surface area (Å²) in [5, 5.41) is 13.4. The smallest absolute Gasteiger partial charge is 0.141 e. The van der Waals surface area contributed by atoms with Crippen molar-refractivity contribution in [2.24, 2.45) is 0 Å². The summed E-state index contributed by atoms with van der Waals surface area (Å²) in [6.07, 6.45) is -0.747. The van der Waals surface area contributed by atoms with E-state index < -0.39 is 11.9 Å². The molecular formula is C16H17ClFNO2. The molecule has 0 saturated carbocycles. The van der Waals surface area contributed by atoms with Crippen LogP contribution in [0.25, 0.3) is 0 Å². The van der Waals surface area contributed by atoms with E-state index in [1.165, 1.54) is 12.1 Å². The molecule has 5 heteroatoms. The van der Waals surface area contributed by atoms with E-state index in [0.29, 0.717) is 17.0 Å². The molecule has 2 aromatic rings. The third-order valence-corrected chi connectivity index (χ3v) is 3.45. The summed E-state index contributed by atoms with van der Waals surface area (Å²) in [7, 11) is 1.56. The van der Waals surface area contributed by atoms with Gasteiger partial charge < -0.3 is 15.2 Å².